The maximum absolute atomic E-state index is 13.3. The second-order valence-corrected chi connectivity index (χ2v) is 14.9. The number of allylic oxidation sites excluding steroid dienone is 1. The molecule has 4 heterocycles. The summed E-state index contributed by atoms with van der Waals surface area (Å²) in [6, 6.07) is 25.9. The van der Waals surface area contributed by atoms with E-state index in [0.717, 1.165) is 77.1 Å². The van der Waals surface area contributed by atoms with Gasteiger partial charge in [0.05, 0.1) is 34.4 Å². The summed E-state index contributed by atoms with van der Waals surface area (Å²) in [5.74, 6) is -0.827. The Kier molecular flexibility index (Phi) is 6.75. The first kappa shape index (κ1) is 30.6. The van der Waals surface area contributed by atoms with Gasteiger partial charge >= 0.3 is 6.18 Å². The van der Waals surface area contributed by atoms with Gasteiger partial charge in [-0.3, -0.25) is 9.59 Å². The Labute approximate surface area is 292 Å². The fourth-order valence-corrected chi connectivity index (χ4v) is 9.32. The highest BCUT2D eigenvalue weighted by molar-refractivity contribution is 7.30. The van der Waals surface area contributed by atoms with Crippen molar-refractivity contribution >= 4 is 77.6 Å². The van der Waals surface area contributed by atoms with Crippen molar-refractivity contribution in [2.75, 3.05) is 4.90 Å². The van der Waals surface area contributed by atoms with Crippen LogP contribution in [0.25, 0.3) is 47.9 Å². The van der Waals surface area contributed by atoms with Gasteiger partial charge in [0, 0.05) is 46.9 Å². The van der Waals surface area contributed by atoms with E-state index in [9.17, 15) is 22.8 Å². The molecule has 0 unspecified atom stereocenters. The number of nitrogens with zero attached hydrogens (tertiary/aromatic N) is 3. The number of carbonyl (C=O) groups excluding carboxylic acids is 2. The van der Waals surface area contributed by atoms with Crippen molar-refractivity contribution < 1.29 is 22.8 Å². The molecule has 5 nitrogen and oxygen atoms in total. The van der Waals surface area contributed by atoms with E-state index in [0.29, 0.717) is 10.8 Å². The Balaban J connectivity index is 1.11. The molecule has 0 bridgehead atoms. The lowest BCUT2D eigenvalue weighted by molar-refractivity contribution is -0.137. The smallest absolute Gasteiger partial charge is 0.306 e. The van der Waals surface area contributed by atoms with Gasteiger partial charge in [0.15, 0.2) is 11.6 Å². The second-order valence-electron chi connectivity index (χ2n) is 12.7. The van der Waals surface area contributed by atoms with Crippen LogP contribution in [0.2, 0.25) is 0 Å². The molecular formula is C40H24F3N3O2S2. The van der Waals surface area contributed by atoms with Crippen molar-refractivity contribution in [3.8, 4) is 21.7 Å². The van der Waals surface area contributed by atoms with Crippen LogP contribution in [0.4, 0.5) is 30.2 Å². The number of alkyl halides is 3. The monoisotopic (exact) mass is 699 g/mol. The van der Waals surface area contributed by atoms with Crippen LogP contribution < -0.4 is 4.90 Å². The van der Waals surface area contributed by atoms with Crippen molar-refractivity contribution in [3.63, 3.8) is 0 Å². The van der Waals surface area contributed by atoms with E-state index in [-0.39, 0.29) is 16.7 Å². The van der Waals surface area contributed by atoms with E-state index in [4.69, 9.17) is 4.98 Å². The zero-order chi connectivity index (χ0) is 34.5. The fraction of sp³-hybridized carbons (Fsp3) is 0.100. The summed E-state index contributed by atoms with van der Waals surface area (Å²) in [4.78, 5) is 39.2. The van der Waals surface area contributed by atoms with Crippen molar-refractivity contribution in [1.29, 1.82) is 0 Å². The van der Waals surface area contributed by atoms with Crippen molar-refractivity contribution in [2.45, 2.75) is 25.9 Å². The number of aromatic nitrogens is 2. The lowest BCUT2D eigenvalue weighted by Gasteiger charge is -2.33. The molecule has 7 aromatic rings. The molecule has 0 spiro atoms. The number of benzene rings is 4. The first-order valence-corrected chi connectivity index (χ1v) is 17.5. The van der Waals surface area contributed by atoms with Crippen LogP contribution in [-0.4, -0.2) is 21.5 Å². The number of rotatable bonds is 4. The summed E-state index contributed by atoms with van der Waals surface area (Å²) in [5, 5.41) is 2.18. The van der Waals surface area contributed by atoms with Gasteiger partial charge < -0.3 is 4.90 Å². The summed E-state index contributed by atoms with van der Waals surface area (Å²) in [6.45, 7) is 4.36. The predicted molar refractivity (Wildman–Crippen MR) is 194 cm³/mol. The van der Waals surface area contributed by atoms with Crippen molar-refractivity contribution in [1.82, 2.24) is 9.97 Å². The van der Waals surface area contributed by atoms with Gasteiger partial charge in [-0.15, -0.1) is 22.7 Å². The summed E-state index contributed by atoms with van der Waals surface area (Å²) in [7, 11) is 0. The van der Waals surface area contributed by atoms with Crippen LogP contribution in [0.3, 0.4) is 0 Å². The fourth-order valence-electron chi connectivity index (χ4n) is 6.93. The van der Waals surface area contributed by atoms with Gasteiger partial charge in [-0.05, 0) is 77.0 Å². The van der Waals surface area contributed by atoms with Crippen LogP contribution in [0.5, 0.6) is 0 Å². The maximum Gasteiger partial charge on any atom is 0.416 e. The van der Waals surface area contributed by atoms with Gasteiger partial charge in [0.1, 0.15) is 6.33 Å². The number of fused-ring (bicyclic) bond motifs is 4. The van der Waals surface area contributed by atoms with Crippen LogP contribution in [-0.2, 0) is 6.18 Å². The van der Waals surface area contributed by atoms with E-state index in [1.54, 1.807) is 17.7 Å². The third-order valence-corrected chi connectivity index (χ3v) is 11.6. The Hall–Kier alpha value is -5.45. The van der Waals surface area contributed by atoms with E-state index in [1.807, 2.05) is 12.3 Å². The molecule has 1 aliphatic carbocycles. The largest absolute Gasteiger partial charge is 0.416 e. The Morgan fingerprint density at radius 1 is 0.780 bits per heavy atom. The third kappa shape index (κ3) is 4.66. The van der Waals surface area contributed by atoms with E-state index < -0.39 is 23.3 Å². The number of carbonyl (C=O) groups is 2. The highest BCUT2D eigenvalue weighted by Gasteiger charge is 2.38. The minimum Gasteiger partial charge on any atom is -0.306 e. The lowest BCUT2D eigenvalue weighted by Crippen LogP contribution is -2.16. The topological polar surface area (TPSA) is 63.2 Å². The molecule has 0 N–H and O–H groups in total. The van der Waals surface area contributed by atoms with Gasteiger partial charge in [0.2, 0.25) is 0 Å². The molecule has 9 rings (SSSR count). The average molecular weight is 700 g/mol. The Bertz CT molecular complexity index is 2580. The third-order valence-electron chi connectivity index (χ3n) is 9.37. The summed E-state index contributed by atoms with van der Waals surface area (Å²) >= 11 is 3.04. The highest BCUT2D eigenvalue weighted by Crippen LogP contribution is 2.52. The van der Waals surface area contributed by atoms with Gasteiger partial charge in [0.25, 0.3) is 0 Å². The van der Waals surface area contributed by atoms with E-state index >= 15 is 0 Å². The van der Waals surface area contributed by atoms with Crippen LogP contribution in [0, 0.1) is 0 Å². The van der Waals surface area contributed by atoms with Crippen LogP contribution in [0.1, 0.15) is 56.5 Å². The molecule has 0 saturated heterocycles. The first-order chi connectivity index (χ1) is 24.1. The quantitative estimate of drug-likeness (QED) is 0.135. The summed E-state index contributed by atoms with van der Waals surface area (Å²) < 4.78 is 41.8. The molecule has 1 aliphatic heterocycles. The number of thiophene rings is 2. The highest BCUT2D eigenvalue weighted by atomic mass is 32.1. The Morgan fingerprint density at radius 3 is 2.30 bits per heavy atom. The molecule has 3 aromatic heterocycles. The maximum atomic E-state index is 13.3. The molecule has 0 radical (unpaired) electrons. The van der Waals surface area contributed by atoms with Gasteiger partial charge in [-0.25, -0.2) is 9.97 Å². The van der Waals surface area contributed by atoms with Gasteiger partial charge in [-0.1, -0.05) is 50.2 Å². The van der Waals surface area contributed by atoms with Crippen LogP contribution in [0.15, 0.2) is 103 Å². The van der Waals surface area contributed by atoms with E-state index in [1.165, 1.54) is 23.0 Å². The average Bonchev–Trinajstić information content (AvgIpc) is 3.75. The van der Waals surface area contributed by atoms with Crippen LogP contribution >= 0.6 is 22.7 Å². The number of hydrogen-bond donors (Lipinski definition) is 0. The number of ketones is 2. The number of Topliss-reactive ketones (excluding diaryl/α,β-unsaturated/α-hetero) is 2. The van der Waals surface area contributed by atoms with Crippen molar-refractivity contribution in [2.24, 2.45) is 0 Å². The van der Waals surface area contributed by atoms with E-state index in [2.05, 4.69) is 84.4 Å². The SMILES string of the molecule is CC(C)c1ccc(N2c3cncnc3-c3cccc4c(-c5cc6sc(/C=C7\C(=O)c8ccc(C(F)(F)F)cc8C7=O)cc6s5)ccc2c34)cc1. The molecule has 0 saturated carbocycles. The normalized spacial score (nSPS) is 14.8. The zero-order valence-electron chi connectivity index (χ0n) is 26.5. The first-order valence-electron chi connectivity index (χ1n) is 15.9. The molecule has 10 heteroatoms. The number of hydrogen-bond acceptors (Lipinski definition) is 7. The molecule has 0 atom stereocenters. The molecule has 0 fully saturated rings. The predicted octanol–water partition coefficient (Wildman–Crippen LogP) is 11.6. The second kappa shape index (κ2) is 11.0. The minimum absolute atomic E-state index is 0.00187. The molecule has 0 amide bonds. The minimum atomic E-state index is -4.61. The number of halogens is 3. The van der Waals surface area contributed by atoms with Crippen molar-refractivity contribution in [3.05, 3.63) is 130 Å². The zero-order valence-corrected chi connectivity index (χ0v) is 28.1. The number of anilines is 3. The standard InChI is InChI=1S/C40H24F3N3O2S2/c1-20(2)21-6-9-23(10-7-21)46-31-13-12-25(26-4-3-5-28(36(26)31)37-32(46)18-44-19-45-37)33-17-35-34(50-33)16-24(49-35)15-30-38(47)27-11-8-22(40(41,42)43)14-29(27)39(30)48/h3-20H,1-2H3/b30-15+. The summed E-state index contributed by atoms with van der Waals surface area (Å²) in [5.41, 5.74) is 5.93. The molecule has 50 heavy (non-hydrogen) atoms. The molecule has 4 aromatic carbocycles. The molecule has 244 valence electrons. The molecule has 2 aliphatic rings. The lowest BCUT2D eigenvalue weighted by atomic mass is 9.91. The van der Waals surface area contributed by atoms with Gasteiger partial charge in [-0.2, -0.15) is 13.2 Å². The Morgan fingerprint density at radius 2 is 1.54 bits per heavy atom. The molecular weight excluding hydrogens is 676 g/mol. The summed E-state index contributed by atoms with van der Waals surface area (Å²) in [6.07, 6.45) is 0.333.